The van der Waals surface area contributed by atoms with Crippen LogP contribution in [0.4, 0.5) is 0 Å². The molecule has 0 aliphatic carbocycles. The molecule has 0 spiro atoms. The Kier molecular flexibility index (Phi) is 3.25. The molecule has 2 N–H and O–H groups in total. The van der Waals surface area contributed by atoms with E-state index in [0.29, 0.717) is 6.42 Å². The summed E-state index contributed by atoms with van der Waals surface area (Å²) in [5.41, 5.74) is 2.19. The molecule has 1 aliphatic heterocycles. The van der Waals surface area contributed by atoms with Crippen LogP contribution >= 0.6 is 0 Å². The molecular formula is C15H19N3O. The number of hydrogen-bond acceptors (Lipinski definition) is 2. The number of para-hydroxylation sites is 1. The molecule has 2 aromatic rings. The van der Waals surface area contributed by atoms with Crippen molar-refractivity contribution in [3.8, 4) is 0 Å². The number of carbonyl (C=O) groups excluding carboxylic acids is 1. The minimum Gasteiger partial charge on any atom is -0.361 e. The lowest BCUT2D eigenvalue weighted by atomic mass is 10.1. The maximum Gasteiger partial charge on any atom is 0.227 e. The van der Waals surface area contributed by atoms with E-state index in [1.807, 2.05) is 29.3 Å². The smallest absolute Gasteiger partial charge is 0.227 e. The van der Waals surface area contributed by atoms with Gasteiger partial charge in [0.1, 0.15) is 0 Å². The Morgan fingerprint density at radius 2 is 2.26 bits per heavy atom. The van der Waals surface area contributed by atoms with Crippen LogP contribution in [0.1, 0.15) is 12.5 Å². The Morgan fingerprint density at radius 3 is 3.11 bits per heavy atom. The van der Waals surface area contributed by atoms with Crippen molar-refractivity contribution in [3.63, 3.8) is 0 Å². The summed E-state index contributed by atoms with van der Waals surface area (Å²) in [5.74, 6) is 0.221. The summed E-state index contributed by atoms with van der Waals surface area (Å²) >= 11 is 0. The van der Waals surface area contributed by atoms with Gasteiger partial charge < -0.3 is 15.2 Å². The van der Waals surface area contributed by atoms with E-state index in [1.165, 1.54) is 0 Å². The highest BCUT2D eigenvalue weighted by atomic mass is 16.2. The summed E-state index contributed by atoms with van der Waals surface area (Å²) in [6.07, 6.45) is 2.43. The first-order valence-electron chi connectivity index (χ1n) is 6.81. The van der Waals surface area contributed by atoms with E-state index in [2.05, 4.69) is 23.3 Å². The molecule has 4 heteroatoms. The molecular weight excluding hydrogens is 238 g/mol. The largest absolute Gasteiger partial charge is 0.361 e. The van der Waals surface area contributed by atoms with Gasteiger partial charge in [-0.3, -0.25) is 4.79 Å². The van der Waals surface area contributed by atoms with Crippen LogP contribution in [0, 0.1) is 0 Å². The molecule has 1 saturated heterocycles. The molecule has 1 amide bonds. The Balaban J connectivity index is 1.79. The second-order valence-corrected chi connectivity index (χ2v) is 5.18. The molecule has 1 aliphatic rings. The summed E-state index contributed by atoms with van der Waals surface area (Å²) in [4.78, 5) is 17.6. The van der Waals surface area contributed by atoms with Gasteiger partial charge >= 0.3 is 0 Å². The van der Waals surface area contributed by atoms with Crippen molar-refractivity contribution < 1.29 is 4.79 Å². The van der Waals surface area contributed by atoms with E-state index in [4.69, 9.17) is 0 Å². The predicted octanol–water partition coefficient (Wildman–Crippen LogP) is 1.53. The van der Waals surface area contributed by atoms with Crippen molar-refractivity contribution in [2.45, 2.75) is 19.4 Å². The number of hydrogen-bond donors (Lipinski definition) is 2. The van der Waals surface area contributed by atoms with Gasteiger partial charge in [-0.2, -0.15) is 0 Å². The summed E-state index contributed by atoms with van der Waals surface area (Å²) in [6, 6.07) is 8.40. The molecule has 4 nitrogen and oxygen atoms in total. The van der Waals surface area contributed by atoms with Crippen LogP contribution in [0.2, 0.25) is 0 Å². The summed E-state index contributed by atoms with van der Waals surface area (Å²) in [7, 11) is 0. The lowest BCUT2D eigenvalue weighted by Crippen LogP contribution is -2.52. The van der Waals surface area contributed by atoms with Crippen LogP contribution in [0.3, 0.4) is 0 Å². The number of aromatic nitrogens is 1. The van der Waals surface area contributed by atoms with Crippen molar-refractivity contribution >= 4 is 16.8 Å². The number of carbonyl (C=O) groups is 1. The highest BCUT2D eigenvalue weighted by Gasteiger charge is 2.23. The zero-order valence-electron chi connectivity index (χ0n) is 11.1. The molecule has 100 valence electrons. The van der Waals surface area contributed by atoms with Gasteiger partial charge in [0.25, 0.3) is 0 Å². The number of amides is 1. The van der Waals surface area contributed by atoms with Gasteiger partial charge in [-0.15, -0.1) is 0 Å². The first-order valence-corrected chi connectivity index (χ1v) is 6.81. The van der Waals surface area contributed by atoms with Crippen LogP contribution in [0.5, 0.6) is 0 Å². The Hall–Kier alpha value is -1.81. The van der Waals surface area contributed by atoms with Gasteiger partial charge in [-0.1, -0.05) is 18.2 Å². The topological polar surface area (TPSA) is 48.1 Å². The van der Waals surface area contributed by atoms with Crippen molar-refractivity contribution in [1.29, 1.82) is 0 Å². The third-order valence-corrected chi connectivity index (χ3v) is 3.84. The second-order valence-electron chi connectivity index (χ2n) is 5.18. The fourth-order valence-electron chi connectivity index (χ4n) is 2.75. The monoisotopic (exact) mass is 257 g/mol. The first kappa shape index (κ1) is 12.2. The van der Waals surface area contributed by atoms with Crippen molar-refractivity contribution in [2.75, 3.05) is 19.6 Å². The van der Waals surface area contributed by atoms with Gasteiger partial charge in [0.05, 0.1) is 6.42 Å². The molecule has 1 aromatic carbocycles. The number of H-pyrrole nitrogens is 1. The zero-order valence-corrected chi connectivity index (χ0v) is 11.1. The summed E-state index contributed by atoms with van der Waals surface area (Å²) < 4.78 is 0. The van der Waals surface area contributed by atoms with Crippen LogP contribution in [0.15, 0.2) is 30.5 Å². The second kappa shape index (κ2) is 5.05. The Bertz CT molecular complexity index is 590. The predicted molar refractivity (Wildman–Crippen MR) is 76.0 cm³/mol. The average molecular weight is 257 g/mol. The number of fused-ring (bicyclic) bond motifs is 1. The van der Waals surface area contributed by atoms with Crippen LogP contribution in [-0.2, 0) is 11.2 Å². The van der Waals surface area contributed by atoms with Crippen LogP contribution in [-0.4, -0.2) is 41.5 Å². The molecule has 1 atom stereocenters. The molecule has 1 aromatic heterocycles. The Morgan fingerprint density at radius 1 is 1.42 bits per heavy atom. The quantitative estimate of drug-likeness (QED) is 0.857. The normalized spacial score (nSPS) is 19.8. The van der Waals surface area contributed by atoms with Crippen molar-refractivity contribution in [3.05, 3.63) is 36.0 Å². The Labute approximate surface area is 112 Å². The number of benzene rings is 1. The maximum absolute atomic E-state index is 12.4. The third kappa shape index (κ3) is 2.36. The van der Waals surface area contributed by atoms with E-state index in [-0.39, 0.29) is 11.9 Å². The van der Waals surface area contributed by atoms with Gasteiger partial charge in [0, 0.05) is 42.8 Å². The average Bonchev–Trinajstić information content (AvgIpc) is 2.83. The van der Waals surface area contributed by atoms with Gasteiger partial charge in [-0.25, -0.2) is 0 Å². The van der Waals surface area contributed by atoms with E-state index in [0.717, 1.165) is 36.1 Å². The molecule has 0 radical (unpaired) electrons. The van der Waals surface area contributed by atoms with E-state index in [9.17, 15) is 4.79 Å². The summed E-state index contributed by atoms with van der Waals surface area (Å²) in [6.45, 7) is 4.69. The zero-order chi connectivity index (χ0) is 13.2. The minimum atomic E-state index is 0.221. The molecule has 2 heterocycles. The standard InChI is InChI=1S/C15H19N3O/c1-11-9-16-6-7-18(11)15(19)8-12-10-17-14-5-3-2-4-13(12)14/h2-5,10-11,16-17H,6-9H2,1H3/t11-/m1/s1. The molecule has 3 rings (SSSR count). The van der Waals surface area contributed by atoms with Gasteiger partial charge in [-0.05, 0) is 18.6 Å². The number of aromatic amines is 1. The van der Waals surface area contributed by atoms with Crippen molar-refractivity contribution in [2.24, 2.45) is 0 Å². The van der Waals surface area contributed by atoms with E-state index < -0.39 is 0 Å². The SMILES string of the molecule is C[C@@H]1CNCCN1C(=O)Cc1c[nH]c2ccccc12. The molecule has 19 heavy (non-hydrogen) atoms. The third-order valence-electron chi connectivity index (χ3n) is 3.84. The van der Waals surface area contributed by atoms with E-state index in [1.54, 1.807) is 0 Å². The number of nitrogens with one attached hydrogen (secondary N) is 2. The van der Waals surface area contributed by atoms with Crippen molar-refractivity contribution in [1.82, 2.24) is 15.2 Å². The van der Waals surface area contributed by atoms with Crippen LogP contribution in [0.25, 0.3) is 10.9 Å². The highest BCUT2D eigenvalue weighted by molar-refractivity contribution is 5.89. The summed E-state index contributed by atoms with van der Waals surface area (Å²) in [5, 5.41) is 4.46. The fourth-order valence-corrected chi connectivity index (χ4v) is 2.75. The minimum absolute atomic E-state index is 0.221. The van der Waals surface area contributed by atoms with Crippen LogP contribution < -0.4 is 5.32 Å². The lowest BCUT2D eigenvalue weighted by Gasteiger charge is -2.34. The number of rotatable bonds is 2. The highest BCUT2D eigenvalue weighted by Crippen LogP contribution is 2.19. The number of nitrogens with zero attached hydrogens (tertiary/aromatic N) is 1. The molecule has 0 saturated carbocycles. The lowest BCUT2D eigenvalue weighted by molar-refractivity contribution is -0.133. The first-order chi connectivity index (χ1) is 9.25. The van der Waals surface area contributed by atoms with Gasteiger partial charge in [0.15, 0.2) is 0 Å². The van der Waals surface area contributed by atoms with E-state index >= 15 is 0 Å². The fraction of sp³-hybridized carbons (Fsp3) is 0.400. The molecule has 0 bridgehead atoms. The van der Waals surface area contributed by atoms with Gasteiger partial charge in [0.2, 0.25) is 5.91 Å². The maximum atomic E-state index is 12.4. The number of piperazine rings is 1. The molecule has 0 unspecified atom stereocenters. The molecule has 1 fully saturated rings.